The van der Waals surface area contributed by atoms with Crippen molar-refractivity contribution in [1.82, 2.24) is 0 Å². The quantitative estimate of drug-likeness (QED) is 0.106. The zero-order chi connectivity index (χ0) is 32.4. The van der Waals surface area contributed by atoms with E-state index < -0.39 is 84.8 Å². The molecule has 0 spiro atoms. The van der Waals surface area contributed by atoms with Crippen molar-refractivity contribution in [2.45, 2.75) is 93.9 Å². The van der Waals surface area contributed by atoms with Gasteiger partial charge in [0.1, 0.15) is 36.4 Å². The number of hydrogen-bond acceptors (Lipinski definition) is 14. The summed E-state index contributed by atoms with van der Waals surface area (Å²) in [5.74, 6) is -2.87. The van der Waals surface area contributed by atoms with Crippen molar-refractivity contribution in [1.29, 1.82) is 0 Å². The summed E-state index contributed by atoms with van der Waals surface area (Å²) in [6.45, 7) is 5.81. The SMILES string of the molecule is CC(=O)OC[C@H]1O[C@@H](Sc2ccc(C)cc2)[C@H](OC(C)=O)[C@@H]1O[C@H]1O[C@@H](CN=[N+]=[N-])[C@@H](OC(C)=O)[C@H](OC(C)=O)[C@H]1N=[N+]=[N-]. The lowest BCUT2D eigenvalue weighted by molar-refractivity contribution is -0.285. The Labute approximate surface area is 256 Å². The van der Waals surface area contributed by atoms with Crippen LogP contribution >= 0.6 is 11.8 Å². The Morgan fingerprint density at radius 3 is 2.00 bits per heavy atom. The summed E-state index contributed by atoms with van der Waals surface area (Å²) < 4.78 is 40.0. The van der Waals surface area contributed by atoms with Gasteiger partial charge in [-0.2, -0.15) is 0 Å². The molecule has 0 aromatic heterocycles. The number of ether oxygens (including phenoxy) is 7. The van der Waals surface area contributed by atoms with Crippen molar-refractivity contribution in [2.75, 3.05) is 13.2 Å². The molecule has 2 fully saturated rings. The summed E-state index contributed by atoms with van der Waals surface area (Å²) in [6, 6.07) is 6.03. The minimum Gasteiger partial charge on any atom is -0.463 e. The molecule has 9 atom stereocenters. The van der Waals surface area contributed by atoms with Crippen molar-refractivity contribution in [2.24, 2.45) is 10.2 Å². The minimum atomic E-state index is -1.55. The molecule has 0 unspecified atom stereocenters. The second-order valence-corrected chi connectivity index (χ2v) is 10.9. The number of nitrogens with zero attached hydrogens (tertiary/aromatic N) is 6. The van der Waals surface area contributed by atoms with E-state index in [1.54, 1.807) is 0 Å². The Bertz CT molecular complexity index is 1300. The molecule has 2 heterocycles. The van der Waals surface area contributed by atoms with Gasteiger partial charge in [-0.05, 0) is 30.1 Å². The Morgan fingerprint density at radius 1 is 0.818 bits per heavy atom. The number of carbonyl (C=O) groups is 4. The first-order valence-corrected chi connectivity index (χ1v) is 14.2. The Morgan fingerprint density at radius 2 is 1.43 bits per heavy atom. The molecule has 2 saturated heterocycles. The van der Waals surface area contributed by atoms with Crippen LogP contribution in [0.2, 0.25) is 0 Å². The third-order valence-electron chi connectivity index (χ3n) is 6.31. The van der Waals surface area contributed by atoms with Gasteiger partial charge in [-0.25, -0.2) is 0 Å². The van der Waals surface area contributed by atoms with E-state index in [4.69, 9.17) is 38.7 Å². The molecule has 0 N–H and O–H groups in total. The number of rotatable bonds is 12. The molecule has 18 heteroatoms. The molecule has 2 aliphatic rings. The van der Waals surface area contributed by atoms with Crippen LogP contribution < -0.4 is 0 Å². The predicted molar refractivity (Wildman–Crippen MR) is 149 cm³/mol. The monoisotopic (exact) mass is 636 g/mol. The van der Waals surface area contributed by atoms with E-state index in [1.807, 2.05) is 31.2 Å². The van der Waals surface area contributed by atoms with Gasteiger partial charge in [0.25, 0.3) is 0 Å². The molecule has 0 radical (unpaired) electrons. The average molecular weight is 637 g/mol. The lowest BCUT2D eigenvalue weighted by atomic mass is 9.96. The molecule has 0 amide bonds. The van der Waals surface area contributed by atoms with E-state index in [-0.39, 0.29) is 6.61 Å². The maximum atomic E-state index is 12.2. The highest BCUT2D eigenvalue weighted by molar-refractivity contribution is 7.99. The molecular formula is C26H32N6O11S. The van der Waals surface area contributed by atoms with E-state index in [0.717, 1.165) is 24.3 Å². The topological polar surface area (TPSA) is 230 Å². The van der Waals surface area contributed by atoms with Crippen LogP contribution in [0, 0.1) is 6.92 Å². The molecule has 2 aliphatic heterocycles. The maximum absolute atomic E-state index is 12.2. The standard InChI is InChI=1S/C26H32N6O11S/c1-12-6-8-17(9-7-12)44-26-24(40-16(5)36)22(19(42-26)11-37-13(2)33)43-25-20(30-32-28)23(39-15(4)35)21(38-14(3)34)18(41-25)10-29-31-27/h6-9,18-26H,10-11H2,1-5H3/t18-,19+,20+,21+,22+,23+,24+,25+,26-/m0/s1. The van der Waals surface area contributed by atoms with Gasteiger partial charge in [-0.3, -0.25) is 19.2 Å². The average Bonchev–Trinajstić information content (AvgIpc) is 3.25. The van der Waals surface area contributed by atoms with Crippen LogP contribution in [0.15, 0.2) is 39.4 Å². The third kappa shape index (κ3) is 9.47. The fourth-order valence-electron chi connectivity index (χ4n) is 4.62. The van der Waals surface area contributed by atoms with Gasteiger partial charge in [-0.1, -0.05) is 39.7 Å². The normalized spacial score (nSPS) is 29.3. The lowest BCUT2D eigenvalue weighted by Crippen LogP contribution is -2.62. The first-order valence-electron chi connectivity index (χ1n) is 13.3. The van der Waals surface area contributed by atoms with Crippen LogP contribution in [0.3, 0.4) is 0 Å². The summed E-state index contributed by atoms with van der Waals surface area (Å²) in [5.41, 5.74) is 18.5. The molecule has 44 heavy (non-hydrogen) atoms. The fourth-order valence-corrected chi connectivity index (χ4v) is 5.72. The molecule has 1 aromatic carbocycles. The number of esters is 4. The van der Waals surface area contributed by atoms with Gasteiger partial charge in [-0.15, -0.1) is 0 Å². The van der Waals surface area contributed by atoms with Crippen molar-refractivity contribution >= 4 is 35.6 Å². The summed E-state index contributed by atoms with van der Waals surface area (Å²) in [6.07, 6.45) is -8.89. The van der Waals surface area contributed by atoms with Crippen LogP contribution in [-0.4, -0.2) is 91.4 Å². The Kier molecular flexibility index (Phi) is 12.6. The Balaban J connectivity index is 2.04. The smallest absolute Gasteiger partial charge is 0.303 e. The third-order valence-corrected chi connectivity index (χ3v) is 7.47. The van der Waals surface area contributed by atoms with Gasteiger partial charge in [0.2, 0.25) is 0 Å². The molecule has 0 saturated carbocycles. The summed E-state index contributed by atoms with van der Waals surface area (Å²) >= 11 is 1.23. The van der Waals surface area contributed by atoms with Gasteiger partial charge in [0, 0.05) is 42.4 Å². The van der Waals surface area contributed by atoms with E-state index in [1.165, 1.54) is 25.6 Å². The maximum Gasteiger partial charge on any atom is 0.303 e. The van der Waals surface area contributed by atoms with Crippen molar-refractivity contribution < 1.29 is 52.3 Å². The van der Waals surface area contributed by atoms with Gasteiger partial charge in [0.15, 0.2) is 24.6 Å². The van der Waals surface area contributed by atoms with Crippen LogP contribution in [-0.2, 0) is 52.3 Å². The molecule has 0 aliphatic carbocycles. The molecule has 238 valence electrons. The first-order chi connectivity index (χ1) is 20.9. The zero-order valence-corrected chi connectivity index (χ0v) is 25.3. The van der Waals surface area contributed by atoms with Crippen LogP contribution in [0.1, 0.15) is 33.3 Å². The molecule has 1 aromatic rings. The van der Waals surface area contributed by atoms with Gasteiger partial charge < -0.3 is 33.2 Å². The van der Waals surface area contributed by atoms with Crippen LogP contribution in [0.4, 0.5) is 0 Å². The number of carbonyl (C=O) groups excluding carboxylic acids is 4. The number of hydrogen-bond donors (Lipinski definition) is 0. The largest absolute Gasteiger partial charge is 0.463 e. The zero-order valence-electron chi connectivity index (χ0n) is 24.5. The predicted octanol–water partition coefficient (Wildman–Crippen LogP) is 3.27. The first kappa shape index (κ1) is 34.4. The molecule has 3 rings (SSSR count). The lowest BCUT2D eigenvalue weighted by Gasteiger charge is -2.44. The van der Waals surface area contributed by atoms with Crippen LogP contribution in [0.5, 0.6) is 0 Å². The van der Waals surface area contributed by atoms with E-state index in [2.05, 4.69) is 20.1 Å². The van der Waals surface area contributed by atoms with Gasteiger partial charge in [0.05, 0.1) is 6.54 Å². The highest BCUT2D eigenvalue weighted by Crippen LogP contribution is 2.40. The minimum absolute atomic E-state index is 0.312. The van der Waals surface area contributed by atoms with Crippen molar-refractivity contribution in [3.63, 3.8) is 0 Å². The molecule has 17 nitrogen and oxygen atoms in total. The fraction of sp³-hybridized carbons (Fsp3) is 0.615. The number of aryl methyl sites for hydroxylation is 1. The molecule has 0 bridgehead atoms. The summed E-state index contributed by atoms with van der Waals surface area (Å²) in [7, 11) is 0. The molecular weight excluding hydrogens is 604 g/mol. The number of azide groups is 2. The Hall–Kier alpha value is -4.05. The van der Waals surface area contributed by atoms with Crippen molar-refractivity contribution in [3.8, 4) is 0 Å². The van der Waals surface area contributed by atoms with Gasteiger partial charge >= 0.3 is 23.9 Å². The van der Waals surface area contributed by atoms with Crippen molar-refractivity contribution in [3.05, 3.63) is 50.7 Å². The summed E-state index contributed by atoms with van der Waals surface area (Å²) in [5, 5.41) is 7.21. The number of thioether (sulfide) groups is 1. The summed E-state index contributed by atoms with van der Waals surface area (Å²) in [4.78, 5) is 54.3. The second kappa shape index (κ2) is 16.1. The van der Waals surface area contributed by atoms with E-state index >= 15 is 0 Å². The number of benzene rings is 1. The highest BCUT2D eigenvalue weighted by Gasteiger charge is 2.55. The second-order valence-electron chi connectivity index (χ2n) is 9.75. The van der Waals surface area contributed by atoms with Crippen LogP contribution in [0.25, 0.3) is 20.9 Å². The van der Waals surface area contributed by atoms with E-state index in [9.17, 15) is 24.7 Å². The van der Waals surface area contributed by atoms with E-state index in [0.29, 0.717) is 0 Å². The highest BCUT2D eigenvalue weighted by atomic mass is 32.2.